The molecule has 9 nitrogen and oxygen atoms in total. The highest BCUT2D eigenvalue weighted by molar-refractivity contribution is 5.83. The van der Waals surface area contributed by atoms with Crippen LogP contribution >= 0.6 is 0 Å². The minimum Gasteiger partial charge on any atom is -0.508 e. The van der Waals surface area contributed by atoms with Crippen molar-refractivity contribution < 1.29 is 15.3 Å². The SMILES string of the molecule is CC(C)N1CNc2c(N(Cc3ccccc3O)Cc3ccccc3O)nc(NCCCO)nc21. The van der Waals surface area contributed by atoms with E-state index in [1.54, 1.807) is 24.3 Å². The summed E-state index contributed by atoms with van der Waals surface area (Å²) in [5.74, 6) is 2.34. The Labute approximate surface area is 199 Å². The molecule has 0 spiro atoms. The van der Waals surface area contributed by atoms with E-state index in [2.05, 4.69) is 29.4 Å². The number of fused-ring (bicyclic) bond motifs is 1. The molecule has 9 heteroatoms. The highest BCUT2D eigenvalue weighted by Gasteiger charge is 2.30. The van der Waals surface area contributed by atoms with Gasteiger partial charge in [0.2, 0.25) is 5.95 Å². The van der Waals surface area contributed by atoms with E-state index in [-0.39, 0.29) is 24.1 Å². The quantitative estimate of drug-likeness (QED) is 0.287. The predicted octanol–water partition coefficient (Wildman–Crippen LogP) is 3.49. The molecule has 0 unspecified atom stereocenters. The minimum absolute atomic E-state index is 0.0805. The molecule has 1 aliphatic heterocycles. The first-order chi connectivity index (χ1) is 16.5. The van der Waals surface area contributed by atoms with Crippen LogP contribution in [0.4, 0.5) is 23.3 Å². The van der Waals surface area contributed by atoms with Crippen molar-refractivity contribution in [3.8, 4) is 11.5 Å². The van der Waals surface area contributed by atoms with Crippen LogP contribution in [0, 0.1) is 0 Å². The summed E-state index contributed by atoms with van der Waals surface area (Å²) in [5.41, 5.74) is 2.31. The molecule has 2 heterocycles. The zero-order chi connectivity index (χ0) is 24.1. The van der Waals surface area contributed by atoms with Gasteiger partial charge in [0.25, 0.3) is 0 Å². The van der Waals surface area contributed by atoms with E-state index in [0.29, 0.717) is 44.5 Å². The lowest BCUT2D eigenvalue weighted by atomic mass is 10.1. The average Bonchev–Trinajstić information content (AvgIpc) is 3.25. The van der Waals surface area contributed by atoms with E-state index in [0.717, 1.165) is 22.6 Å². The number of aliphatic hydroxyl groups is 1. The van der Waals surface area contributed by atoms with Crippen LogP contribution in [0.25, 0.3) is 0 Å². The summed E-state index contributed by atoms with van der Waals surface area (Å²) >= 11 is 0. The Morgan fingerprint density at radius 3 is 2.18 bits per heavy atom. The van der Waals surface area contributed by atoms with E-state index in [4.69, 9.17) is 9.97 Å². The molecule has 0 amide bonds. The van der Waals surface area contributed by atoms with Gasteiger partial charge in [-0.2, -0.15) is 9.97 Å². The predicted molar refractivity (Wildman–Crippen MR) is 134 cm³/mol. The van der Waals surface area contributed by atoms with Crippen molar-refractivity contribution in [3.05, 3.63) is 59.7 Å². The van der Waals surface area contributed by atoms with E-state index >= 15 is 0 Å². The summed E-state index contributed by atoms with van der Waals surface area (Å²) in [6, 6.07) is 14.7. The second kappa shape index (κ2) is 10.5. The molecule has 0 radical (unpaired) electrons. The van der Waals surface area contributed by atoms with Crippen LogP contribution in [-0.2, 0) is 13.1 Å². The molecule has 0 aliphatic carbocycles. The maximum Gasteiger partial charge on any atom is 0.226 e. The molecule has 2 aromatic carbocycles. The van der Waals surface area contributed by atoms with Gasteiger partial charge in [0.15, 0.2) is 11.6 Å². The van der Waals surface area contributed by atoms with E-state index in [1.807, 2.05) is 29.2 Å². The van der Waals surface area contributed by atoms with Crippen LogP contribution in [-0.4, -0.2) is 51.1 Å². The number of aromatic hydroxyl groups is 2. The van der Waals surface area contributed by atoms with Crippen LogP contribution in [0.1, 0.15) is 31.4 Å². The smallest absolute Gasteiger partial charge is 0.226 e. The Hall–Kier alpha value is -3.72. The van der Waals surface area contributed by atoms with Crippen molar-refractivity contribution in [1.82, 2.24) is 9.97 Å². The van der Waals surface area contributed by atoms with E-state index in [1.165, 1.54) is 0 Å². The van der Waals surface area contributed by atoms with Gasteiger partial charge >= 0.3 is 0 Å². The molecule has 34 heavy (non-hydrogen) atoms. The standard InChI is InChI=1S/C25H32N6O3/c1-17(2)31-16-27-22-23(28-25(29-24(22)31)26-12-7-13-32)30(14-18-8-3-5-10-20(18)33)15-19-9-4-6-11-21(19)34/h3-6,8-11,17,27,32-34H,7,12-16H2,1-2H3,(H,26,28,29). The average molecular weight is 465 g/mol. The van der Waals surface area contributed by atoms with Crippen molar-refractivity contribution in [2.24, 2.45) is 0 Å². The monoisotopic (exact) mass is 464 g/mol. The molecule has 1 aliphatic rings. The summed E-state index contributed by atoms with van der Waals surface area (Å²) in [7, 11) is 0. The van der Waals surface area contributed by atoms with Crippen LogP contribution < -0.4 is 20.4 Å². The number of hydrogen-bond acceptors (Lipinski definition) is 9. The third-order valence-electron chi connectivity index (χ3n) is 5.82. The van der Waals surface area contributed by atoms with Gasteiger partial charge in [-0.15, -0.1) is 0 Å². The topological polar surface area (TPSA) is 117 Å². The number of rotatable bonds is 10. The van der Waals surface area contributed by atoms with Gasteiger partial charge in [-0.05, 0) is 32.4 Å². The number of benzene rings is 2. The number of nitrogens with zero attached hydrogens (tertiary/aromatic N) is 4. The Balaban J connectivity index is 1.79. The Bertz CT molecular complexity index is 1080. The number of nitrogens with one attached hydrogen (secondary N) is 2. The summed E-state index contributed by atoms with van der Waals surface area (Å²) < 4.78 is 0. The molecule has 5 N–H and O–H groups in total. The molecule has 1 aromatic heterocycles. The summed E-state index contributed by atoms with van der Waals surface area (Å²) in [4.78, 5) is 13.8. The fraction of sp³-hybridized carbons (Fsp3) is 0.360. The zero-order valence-corrected chi connectivity index (χ0v) is 19.6. The maximum absolute atomic E-state index is 10.5. The van der Waals surface area contributed by atoms with Crippen LogP contribution in [0.5, 0.6) is 11.5 Å². The molecule has 0 atom stereocenters. The summed E-state index contributed by atoms with van der Waals surface area (Å²) in [5, 5.41) is 36.8. The second-order valence-corrected chi connectivity index (χ2v) is 8.59. The lowest BCUT2D eigenvalue weighted by Gasteiger charge is -2.27. The molecule has 180 valence electrons. The number of aromatic nitrogens is 2. The lowest BCUT2D eigenvalue weighted by molar-refractivity contribution is 0.292. The Kier molecular flexibility index (Phi) is 7.22. The number of phenolic OH excluding ortho intramolecular Hbond substituents is 2. The van der Waals surface area contributed by atoms with Crippen molar-refractivity contribution in [1.29, 1.82) is 0 Å². The van der Waals surface area contributed by atoms with Gasteiger partial charge < -0.3 is 35.8 Å². The third kappa shape index (κ3) is 5.09. The van der Waals surface area contributed by atoms with Crippen molar-refractivity contribution in [2.45, 2.75) is 39.4 Å². The van der Waals surface area contributed by atoms with Gasteiger partial charge in [-0.25, -0.2) is 0 Å². The fourth-order valence-corrected chi connectivity index (χ4v) is 3.96. The molecular weight excluding hydrogens is 432 g/mol. The molecule has 0 bridgehead atoms. The van der Waals surface area contributed by atoms with E-state index < -0.39 is 0 Å². The maximum atomic E-state index is 10.5. The highest BCUT2D eigenvalue weighted by atomic mass is 16.3. The number of anilines is 4. The molecular formula is C25H32N6O3. The van der Waals surface area contributed by atoms with Crippen molar-refractivity contribution >= 4 is 23.3 Å². The lowest BCUT2D eigenvalue weighted by Crippen LogP contribution is -2.30. The molecule has 0 fully saturated rings. The van der Waals surface area contributed by atoms with Gasteiger partial charge in [-0.1, -0.05) is 36.4 Å². The number of hydrogen-bond donors (Lipinski definition) is 5. The largest absolute Gasteiger partial charge is 0.508 e. The molecule has 3 aromatic rings. The van der Waals surface area contributed by atoms with Crippen molar-refractivity contribution in [2.75, 3.05) is 40.3 Å². The summed E-state index contributed by atoms with van der Waals surface area (Å²) in [6.45, 7) is 6.21. The van der Waals surface area contributed by atoms with Crippen LogP contribution in [0.2, 0.25) is 0 Å². The minimum atomic E-state index is 0.0805. The van der Waals surface area contributed by atoms with E-state index in [9.17, 15) is 15.3 Å². The highest BCUT2D eigenvalue weighted by Crippen LogP contribution is 2.40. The third-order valence-corrected chi connectivity index (χ3v) is 5.82. The van der Waals surface area contributed by atoms with Crippen molar-refractivity contribution in [3.63, 3.8) is 0 Å². The first kappa shape index (κ1) is 23.4. The normalized spacial score (nSPS) is 12.5. The zero-order valence-electron chi connectivity index (χ0n) is 19.6. The number of phenols is 2. The van der Waals surface area contributed by atoms with Crippen LogP contribution in [0.15, 0.2) is 48.5 Å². The van der Waals surface area contributed by atoms with Crippen LogP contribution in [0.3, 0.4) is 0 Å². The Morgan fingerprint density at radius 1 is 1.00 bits per heavy atom. The van der Waals surface area contributed by atoms with Gasteiger partial charge in [-0.3, -0.25) is 0 Å². The Morgan fingerprint density at radius 2 is 1.62 bits per heavy atom. The fourth-order valence-electron chi connectivity index (χ4n) is 3.96. The van der Waals surface area contributed by atoms with Gasteiger partial charge in [0.05, 0.1) is 6.67 Å². The molecule has 4 rings (SSSR count). The molecule has 0 saturated carbocycles. The number of aliphatic hydroxyl groups excluding tert-OH is 1. The van der Waals surface area contributed by atoms with Gasteiger partial charge in [0.1, 0.15) is 17.2 Å². The number of para-hydroxylation sites is 2. The first-order valence-corrected chi connectivity index (χ1v) is 11.5. The molecule has 0 saturated heterocycles. The second-order valence-electron chi connectivity index (χ2n) is 8.59. The first-order valence-electron chi connectivity index (χ1n) is 11.5. The van der Waals surface area contributed by atoms with Gasteiger partial charge in [0, 0.05) is 43.4 Å². The summed E-state index contributed by atoms with van der Waals surface area (Å²) in [6.07, 6.45) is 0.585.